The third-order valence-electron chi connectivity index (χ3n) is 4.90. The van der Waals surface area contributed by atoms with Gasteiger partial charge in [0.1, 0.15) is 10.5 Å². The topological polar surface area (TPSA) is 54.7 Å². The molecule has 0 aromatic carbocycles. The number of aromatic nitrogens is 2. The Balaban J connectivity index is 1.80. The van der Waals surface area contributed by atoms with Gasteiger partial charge >= 0.3 is 0 Å². The molecule has 0 radical (unpaired) electrons. The lowest BCUT2D eigenvalue weighted by Gasteiger charge is -2.34. The molecule has 25 heavy (non-hydrogen) atoms. The van der Waals surface area contributed by atoms with Gasteiger partial charge in [-0.3, -0.25) is 14.0 Å². The predicted molar refractivity (Wildman–Crippen MR) is 100 cm³/mol. The molecule has 1 aliphatic rings. The van der Waals surface area contributed by atoms with Crippen molar-refractivity contribution < 1.29 is 4.79 Å². The number of pyridine rings is 1. The highest BCUT2D eigenvalue weighted by atomic mass is 32.1. The second kappa shape index (κ2) is 5.95. The summed E-state index contributed by atoms with van der Waals surface area (Å²) in [5.74, 6) is 1.04. The molecule has 1 saturated heterocycles. The third kappa shape index (κ3) is 2.74. The molecular weight excluding hydrogens is 334 g/mol. The Hall–Kier alpha value is -2.21. The molecule has 0 aliphatic carbocycles. The molecule has 1 amide bonds. The van der Waals surface area contributed by atoms with Crippen molar-refractivity contribution in [1.29, 1.82) is 0 Å². The Kier molecular flexibility index (Phi) is 3.87. The Morgan fingerprint density at radius 2 is 2.00 bits per heavy atom. The largest absolute Gasteiger partial charge is 0.337 e. The van der Waals surface area contributed by atoms with E-state index < -0.39 is 0 Å². The molecule has 0 spiro atoms. The van der Waals surface area contributed by atoms with Crippen LogP contribution in [-0.4, -0.2) is 33.3 Å². The predicted octanol–water partition coefficient (Wildman–Crippen LogP) is 3.34. The SMILES string of the molecule is Cc1cccn2c(=O)c3cc(C(=O)N4C[C@@H](C)C[C@H](C)C4)sc3nc12. The van der Waals surface area contributed by atoms with Gasteiger partial charge in [-0.25, -0.2) is 4.98 Å². The lowest BCUT2D eigenvalue weighted by atomic mass is 9.92. The minimum Gasteiger partial charge on any atom is -0.337 e. The van der Waals surface area contributed by atoms with Gasteiger partial charge in [0.05, 0.1) is 10.3 Å². The number of nitrogens with zero attached hydrogens (tertiary/aromatic N) is 3. The van der Waals surface area contributed by atoms with E-state index in [1.165, 1.54) is 11.3 Å². The molecular formula is C19H21N3O2S. The zero-order valence-electron chi connectivity index (χ0n) is 14.7. The summed E-state index contributed by atoms with van der Waals surface area (Å²) in [6, 6.07) is 5.49. The van der Waals surface area contributed by atoms with Crippen molar-refractivity contribution in [3.8, 4) is 0 Å². The maximum absolute atomic E-state index is 12.9. The molecule has 130 valence electrons. The molecule has 4 heterocycles. The number of rotatable bonds is 1. The molecule has 0 unspecified atom stereocenters. The molecule has 1 fully saturated rings. The fourth-order valence-electron chi connectivity index (χ4n) is 3.85. The van der Waals surface area contributed by atoms with Crippen molar-refractivity contribution in [2.75, 3.05) is 13.1 Å². The fraction of sp³-hybridized carbons (Fsp3) is 0.421. The summed E-state index contributed by atoms with van der Waals surface area (Å²) in [6.07, 6.45) is 2.88. The van der Waals surface area contributed by atoms with Crippen LogP contribution in [0.15, 0.2) is 29.2 Å². The van der Waals surface area contributed by atoms with E-state index in [0.29, 0.717) is 32.6 Å². The van der Waals surface area contributed by atoms with Crippen molar-refractivity contribution in [3.05, 3.63) is 45.2 Å². The minimum atomic E-state index is -0.112. The highest BCUT2D eigenvalue weighted by molar-refractivity contribution is 7.20. The summed E-state index contributed by atoms with van der Waals surface area (Å²) >= 11 is 1.32. The average molecular weight is 355 g/mol. The van der Waals surface area contributed by atoms with Gasteiger partial charge in [-0.2, -0.15) is 0 Å². The van der Waals surface area contributed by atoms with Gasteiger partial charge in [0.15, 0.2) is 0 Å². The minimum absolute atomic E-state index is 0.0200. The van der Waals surface area contributed by atoms with Crippen molar-refractivity contribution in [3.63, 3.8) is 0 Å². The molecule has 4 rings (SSSR count). The normalized spacial score (nSPS) is 21.2. The number of hydrogen-bond acceptors (Lipinski definition) is 4. The molecule has 0 bridgehead atoms. The van der Waals surface area contributed by atoms with Crippen LogP contribution >= 0.6 is 11.3 Å². The number of fused-ring (bicyclic) bond motifs is 2. The zero-order chi connectivity index (χ0) is 17.7. The van der Waals surface area contributed by atoms with Crippen molar-refractivity contribution >= 4 is 33.1 Å². The van der Waals surface area contributed by atoms with Crippen LogP contribution in [0.4, 0.5) is 0 Å². The van der Waals surface area contributed by atoms with Crippen molar-refractivity contribution in [1.82, 2.24) is 14.3 Å². The van der Waals surface area contributed by atoms with E-state index in [9.17, 15) is 9.59 Å². The van der Waals surface area contributed by atoms with E-state index >= 15 is 0 Å². The summed E-state index contributed by atoms with van der Waals surface area (Å²) in [7, 11) is 0. The quantitative estimate of drug-likeness (QED) is 0.673. The van der Waals surface area contributed by atoms with Crippen LogP contribution in [0.1, 0.15) is 35.5 Å². The van der Waals surface area contributed by atoms with E-state index in [0.717, 1.165) is 25.1 Å². The summed E-state index contributed by atoms with van der Waals surface area (Å²) in [5, 5.41) is 0.523. The number of thiophene rings is 1. The van der Waals surface area contributed by atoms with Crippen LogP contribution in [0.5, 0.6) is 0 Å². The van der Waals surface area contributed by atoms with Crippen LogP contribution in [0.25, 0.3) is 15.9 Å². The van der Waals surface area contributed by atoms with E-state index in [1.807, 2.05) is 24.0 Å². The number of carbonyl (C=O) groups is 1. The first-order valence-electron chi connectivity index (χ1n) is 8.65. The van der Waals surface area contributed by atoms with Crippen LogP contribution in [0, 0.1) is 18.8 Å². The number of aryl methyl sites for hydroxylation is 1. The van der Waals surface area contributed by atoms with Crippen LogP contribution in [0.3, 0.4) is 0 Å². The summed E-state index contributed by atoms with van der Waals surface area (Å²) < 4.78 is 1.56. The summed E-state index contributed by atoms with van der Waals surface area (Å²) in [5.41, 5.74) is 1.49. The van der Waals surface area contributed by atoms with Crippen LogP contribution in [0.2, 0.25) is 0 Å². The standard InChI is InChI=1S/C19H21N3O2S/c1-11-7-12(2)10-21(9-11)19(24)15-8-14-17(25-15)20-16-13(3)5-4-6-22(16)18(14)23/h4-6,8,11-12H,7,9-10H2,1-3H3/t11-,12-/m0/s1. The first-order valence-corrected chi connectivity index (χ1v) is 9.46. The Bertz CT molecular complexity index is 1030. The lowest BCUT2D eigenvalue weighted by molar-refractivity contribution is 0.0628. The molecule has 0 saturated carbocycles. The molecule has 2 atom stereocenters. The first kappa shape index (κ1) is 16.3. The Morgan fingerprint density at radius 3 is 2.72 bits per heavy atom. The van der Waals surface area contributed by atoms with Gasteiger partial charge in [-0.15, -0.1) is 11.3 Å². The Morgan fingerprint density at radius 1 is 1.28 bits per heavy atom. The van der Waals surface area contributed by atoms with Gasteiger partial charge in [0, 0.05) is 19.3 Å². The monoisotopic (exact) mass is 355 g/mol. The van der Waals surface area contributed by atoms with Crippen LogP contribution in [-0.2, 0) is 0 Å². The number of amides is 1. The van der Waals surface area contributed by atoms with Gasteiger partial charge in [-0.05, 0) is 42.9 Å². The Labute approximate surface area is 149 Å². The first-order chi connectivity index (χ1) is 11.9. The van der Waals surface area contributed by atoms with Crippen molar-refractivity contribution in [2.45, 2.75) is 27.2 Å². The van der Waals surface area contributed by atoms with Gasteiger partial charge in [-0.1, -0.05) is 19.9 Å². The van der Waals surface area contributed by atoms with Crippen LogP contribution < -0.4 is 5.56 Å². The zero-order valence-corrected chi connectivity index (χ0v) is 15.5. The van der Waals surface area contributed by atoms with Gasteiger partial charge < -0.3 is 4.90 Å². The molecule has 5 nitrogen and oxygen atoms in total. The fourth-order valence-corrected chi connectivity index (χ4v) is 4.84. The van der Waals surface area contributed by atoms with E-state index in [-0.39, 0.29) is 11.5 Å². The van der Waals surface area contributed by atoms with E-state index in [4.69, 9.17) is 0 Å². The number of hydrogen-bond donors (Lipinski definition) is 0. The second-order valence-electron chi connectivity index (χ2n) is 7.29. The molecule has 1 aliphatic heterocycles. The van der Waals surface area contributed by atoms with Gasteiger partial charge in [0.25, 0.3) is 11.5 Å². The summed E-state index contributed by atoms with van der Waals surface area (Å²) in [6.45, 7) is 7.87. The highest BCUT2D eigenvalue weighted by Gasteiger charge is 2.27. The molecule has 3 aromatic heterocycles. The smallest absolute Gasteiger partial charge is 0.266 e. The number of piperidine rings is 1. The molecule has 6 heteroatoms. The number of likely N-dealkylation sites (tertiary alicyclic amines) is 1. The maximum Gasteiger partial charge on any atom is 0.266 e. The lowest BCUT2D eigenvalue weighted by Crippen LogP contribution is -2.42. The average Bonchev–Trinajstić information content (AvgIpc) is 2.99. The maximum atomic E-state index is 12.9. The highest BCUT2D eigenvalue weighted by Crippen LogP contribution is 2.27. The second-order valence-corrected chi connectivity index (χ2v) is 8.32. The molecule has 3 aromatic rings. The molecule has 0 N–H and O–H groups in total. The summed E-state index contributed by atoms with van der Waals surface area (Å²) in [4.78, 5) is 33.5. The van der Waals surface area contributed by atoms with Crippen molar-refractivity contribution in [2.24, 2.45) is 11.8 Å². The van der Waals surface area contributed by atoms with E-state index in [1.54, 1.807) is 16.7 Å². The number of carbonyl (C=O) groups excluding carboxylic acids is 1. The van der Waals surface area contributed by atoms with E-state index in [2.05, 4.69) is 18.8 Å². The third-order valence-corrected chi connectivity index (χ3v) is 5.92. The van der Waals surface area contributed by atoms with Gasteiger partial charge in [0.2, 0.25) is 0 Å².